The zero-order valence-electron chi connectivity index (χ0n) is 40.3. The van der Waals surface area contributed by atoms with Gasteiger partial charge in [-0.25, -0.2) is 0 Å². The SMILES string of the molecule is CCCCC/C=C\CCCCCC(CC(=O)NC(CO)C(O)CCCCCCCCCCCCCCCC)OC(=O)CCCCCCC/C=C/C=C/C=C/C=C/CCCCC. The van der Waals surface area contributed by atoms with E-state index in [4.69, 9.17) is 4.74 Å². The fraction of sp³-hybridized carbons (Fsp3) is 0.782. The van der Waals surface area contributed by atoms with Crippen molar-refractivity contribution in [1.82, 2.24) is 5.32 Å². The smallest absolute Gasteiger partial charge is 0.306 e. The number of unbranched alkanes of at least 4 members (excludes halogenated alkanes) is 27. The Hall–Kier alpha value is -2.44. The number of amides is 1. The van der Waals surface area contributed by atoms with Crippen molar-refractivity contribution in [2.24, 2.45) is 0 Å². The molecule has 0 rings (SSSR count). The topological polar surface area (TPSA) is 95.9 Å². The first-order chi connectivity index (χ1) is 30.0. The number of nitrogens with one attached hydrogen (secondary N) is 1. The normalized spacial score (nSPS) is 13.7. The lowest BCUT2D eigenvalue weighted by Gasteiger charge is -2.24. The van der Waals surface area contributed by atoms with Crippen molar-refractivity contribution in [3.05, 3.63) is 60.8 Å². The molecule has 3 unspecified atom stereocenters. The van der Waals surface area contributed by atoms with Crippen LogP contribution >= 0.6 is 0 Å². The van der Waals surface area contributed by atoms with Gasteiger partial charge in [-0.2, -0.15) is 0 Å². The van der Waals surface area contributed by atoms with Gasteiger partial charge < -0.3 is 20.3 Å². The first kappa shape index (κ1) is 58.6. The van der Waals surface area contributed by atoms with Gasteiger partial charge in [-0.1, -0.05) is 223 Å². The summed E-state index contributed by atoms with van der Waals surface area (Å²) in [7, 11) is 0. The van der Waals surface area contributed by atoms with Crippen molar-refractivity contribution in [2.75, 3.05) is 6.61 Å². The van der Waals surface area contributed by atoms with Crippen LogP contribution in [-0.4, -0.2) is 46.9 Å². The summed E-state index contributed by atoms with van der Waals surface area (Å²) in [5, 5.41) is 23.7. The van der Waals surface area contributed by atoms with Crippen LogP contribution in [0.1, 0.15) is 252 Å². The molecule has 0 heterocycles. The third kappa shape index (κ3) is 44.0. The van der Waals surface area contributed by atoms with Crippen molar-refractivity contribution < 1.29 is 24.5 Å². The monoisotopic (exact) mass is 854 g/mol. The molecular formula is C55H99NO5. The molecule has 0 saturated heterocycles. The molecule has 0 aromatic carbocycles. The maximum atomic E-state index is 13.2. The number of rotatable bonds is 46. The summed E-state index contributed by atoms with van der Waals surface area (Å²) in [6, 6.07) is -0.712. The van der Waals surface area contributed by atoms with Crippen LogP contribution in [0.5, 0.6) is 0 Å². The fourth-order valence-corrected chi connectivity index (χ4v) is 7.67. The maximum Gasteiger partial charge on any atom is 0.306 e. The molecule has 0 aromatic heterocycles. The Morgan fingerprint density at radius 2 is 0.852 bits per heavy atom. The summed E-state index contributed by atoms with van der Waals surface area (Å²) in [6.45, 7) is 6.41. The van der Waals surface area contributed by atoms with Gasteiger partial charge in [-0.15, -0.1) is 0 Å². The summed E-state index contributed by atoms with van der Waals surface area (Å²) in [4.78, 5) is 26.1. The van der Waals surface area contributed by atoms with E-state index in [1.807, 2.05) is 0 Å². The van der Waals surface area contributed by atoms with Crippen molar-refractivity contribution in [3.63, 3.8) is 0 Å². The summed E-state index contributed by atoms with van der Waals surface area (Å²) in [5.74, 6) is -0.515. The van der Waals surface area contributed by atoms with Crippen molar-refractivity contribution in [2.45, 2.75) is 270 Å². The van der Waals surface area contributed by atoms with Gasteiger partial charge in [0, 0.05) is 6.42 Å². The van der Waals surface area contributed by atoms with Gasteiger partial charge in [0.15, 0.2) is 0 Å². The fourth-order valence-electron chi connectivity index (χ4n) is 7.67. The highest BCUT2D eigenvalue weighted by atomic mass is 16.5. The molecule has 6 nitrogen and oxygen atoms in total. The summed E-state index contributed by atoms with van der Waals surface area (Å²) >= 11 is 0. The predicted octanol–water partition coefficient (Wildman–Crippen LogP) is 15.6. The molecule has 0 aliphatic carbocycles. The molecule has 0 saturated carbocycles. The van der Waals surface area contributed by atoms with Crippen LogP contribution in [0.25, 0.3) is 0 Å². The van der Waals surface area contributed by atoms with Gasteiger partial charge in [0.1, 0.15) is 6.10 Å². The molecule has 61 heavy (non-hydrogen) atoms. The van der Waals surface area contributed by atoms with Crippen molar-refractivity contribution >= 4 is 11.9 Å². The molecule has 0 aliphatic heterocycles. The van der Waals surface area contributed by atoms with E-state index in [2.05, 4.69) is 86.8 Å². The standard InChI is InChI=1S/C55H99NO5/c1-4-7-10-13-16-19-22-24-26-27-28-29-31-33-36-39-42-45-48-55(60)61-51(46-43-40-37-34-21-18-15-12-9-6-3)49-54(59)56-52(50-57)53(58)47-44-41-38-35-32-30-25-23-20-17-14-11-8-5-2/h16,18-19,21-22,24,26-29,51-53,57-58H,4-15,17,20,23,25,30-50H2,1-3H3,(H,56,59)/b19-16+,21-18-,24-22+,27-26+,29-28+. The predicted molar refractivity (Wildman–Crippen MR) is 264 cm³/mol. The summed E-state index contributed by atoms with van der Waals surface area (Å²) in [6.07, 6.45) is 59.9. The second-order valence-corrected chi connectivity index (χ2v) is 17.7. The summed E-state index contributed by atoms with van der Waals surface area (Å²) < 4.78 is 5.91. The second kappa shape index (κ2) is 48.6. The van der Waals surface area contributed by atoms with Crippen LogP contribution in [0.2, 0.25) is 0 Å². The van der Waals surface area contributed by atoms with Crippen molar-refractivity contribution in [3.8, 4) is 0 Å². The number of hydrogen-bond acceptors (Lipinski definition) is 5. The quantitative estimate of drug-likeness (QED) is 0.0245. The van der Waals surface area contributed by atoms with Crippen LogP contribution in [-0.2, 0) is 14.3 Å². The highest BCUT2D eigenvalue weighted by molar-refractivity contribution is 5.77. The Labute approximate surface area is 378 Å². The molecule has 0 bridgehead atoms. The van der Waals surface area contributed by atoms with E-state index < -0.39 is 18.2 Å². The first-order valence-corrected chi connectivity index (χ1v) is 26.1. The van der Waals surface area contributed by atoms with Gasteiger partial charge in [0.05, 0.1) is 25.2 Å². The number of ether oxygens (including phenoxy) is 1. The van der Waals surface area contributed by atoms with Gasteiger partial charge >= 0.3 is 5.97 Å². The lowest BCUT2D eigenvalue weighted by molar-refractivity contribution is -0.151. The molecule has 1 amide bonds. The third-order valence-corrected chi connectivity index (χ3v) is 11.7. The zero-order chi connectivity index (χ0) is 44.5. The number of allylic oxidation sites excluding steroid dienone is 10. The lowest BCUT2D eigenvalue weighted by Crippen LogP contribution is -2.46. The van der Waals surface area contributed by atoms with E-state index >= 15 is 0 Å². The molecular weight excluding hydrogens is 755 g/mol. The number of aliphatic hydroxyl groups excluding tert-OH is 2. The Morgan fingerprint density at radius 3 is 1.36 bits per heavy atom. The number of hydrogen-bond donors (Lipinski definition) is 3. The highest BCUT2D eigenvalue weighted by Crippen LogP contribution is 2.17. The van der Waals surface area contributed by atoms with Gasteiger partial charge in [-0.3, -0.25) is 9.59 Å². The van der Waals surface area contributed by atoms with Crippen LogP contribution in [0.15, 0.2) is 60.8 Å². The minimum Gasteiger partial charge on any atom is -0.462 e. The highest BCUT2D eigenvalue weighted by Gasteiger charge is 2.24. The van der Waals surface area contributed by atoms with Crippen LogP contribution < -0.4 is 5.32 Å². The average molecular weight is 854 g/mol. The number of carbonyl (C=O) groups excluding carboxylic acids is 2. The minimum absolute atomic E-state index is 0.0559. The molecule has 3 N–H and O–H groups in total. The van der Waals surface area contributed by atoms with E-state index in [1.54, 1.807) is 0 Å². The molecule has 3 atom stereocenters. The van der Waals surface area contributed by atoms with E-state index in [0.717, 1.165) is 96.3 Å². The van der Waals surface area contributed by atoms with E-state index in [9.17, 15) is 19.8 Å². The minimum atomic E-state index is -0.796. The third-order valence-electron chi connectivity index (χ3n) is 11.7. The number of esters is 1. The molecule has 6 heteroatoms. The van der Waals surface area contributed by atoms with Crippen LogP contribution in [0.3, 0.4) is 0 Å². The van der Waals surface area contributed by atoms with E-state index in [-0.39, 0.29) is 24.9 Å². The van der Waals surface area contributed by atoms with Crippen LogP contribution in [0.4, 0.5) is 0 Å². The molecule has 354 valence electrons. The lowest BCUT2D eigenvalue weighted by atomic mass is 10.0. The molecule has 0 aromatic rings. The van der Waals surface area contributed by atoms with Gasteiger partial charge in [-0.05, 0) is 77.0 Å². The van der Waals surface area contributed by atoms with Gasteiger partial charge in [0.25, 0.3) is 0 Å². The maximum absolute atomic E-state index is 13.2. The number of aliphatic hydroxyl groups is 2. The Kier molecular flexibility index (Phi) is 46.6. The largest absolute Gasteiger partial charge is 0.462 e. The molecule has 0 spiro atoms. The summed E-state index contributed by atoms with van der Waals surface area (Å²) in [5.41, 5.74) is 0. The van der Waals surface area contributed by atoms with Crippen molar-refractivity contribution in [1.29, 1.82) is 0 Å². The molecule has 0 radical (unpaired) electrons. The van der Waals surface area contributed by atoms with Gasteiger partial charge in [0.2, 0.25) is 5.91 Å². The zero-order valence-corrected chi connectivity index (χ0v) is 40.3. The molecule has 0 fully saturated rings. The van der Waals surface area contributed by atoms with E-state index in [0.29, 0.717) is 19.3 Å². The van der Waals surface area contributed by atoms with Crippen LogP contribution in [0, 0.1) is 0 Å². The Balaban J connectivity index is 4.55. The second-order valence-electron chi connectivity index (χ2n) is 17.7. The Bertz CT molecular complexity index is 1090. The van der Waals surface area contributed by atoms with E-state index in [1.165, 1.54) is 109 Å². The average Bonchev–Trinajstić information content (AvgIpc) is 3.25. The Morgan fingerprint density at radius 1 is 0.475 bits per heavy atom. The number of carbonyl (C=O) groups is 2. The molecule has 0 aliphatic rings. The first-order valence-electron chi connectivity index (χ1n) is 26.1.